The Labute approximate surface area is 112 Å². The fraction of sp³-hybridized carbons (Fsp3) is 0.400. The van der Waals surface area contributed by atoms with Crippen molar-refractivity contribution in [2.75, 3.05) is 0 Å². The molecule has 0 unspecified atom stereocenters. The molecule has 0 aliphatic rings. The minimum Gasteiger partial charge on any atom is -0.303 e. The van der Waals surface area contributed by atoms with E-state index in [1.807, 2.05) is 18.2 Å². The standard InChI is InChI=1S/C15H19BrO/c1-3-5-7-13(11-17)15(4-2)12-8-6-9-14(16)10-12/h4,6,8-11,13,15H,2-3,5,7H2,1H3/t13-,15-/m0/s1. The van der Waals surface area contributed by atoms with E-state index in [1.54, 1.807) is 0 Å². The van der Waals surface area contributed by atoms with E-state index in [9.17, 15) is 4.79 Å². The van der Waals surface area contributed by atoms with E-state index in [2.05, 4.69) is 41.6 Å². The van der Waals surface area contributed by atoms with Crippen molar-refractivity contribution in [3.8, 4) is 0 Å². The molecule has 1 nitrogen and oxygen atoms in total. The van der Waals surface area contributed by atoms with Crippen molar-refractivity contribution in [2.45, 2.75) is 32.1 Å². The molecule has 0 fully saturated rings. The van der Waals surface area contributed by atoms with Gasteiger partial charge in [-0.2, -0.15) is 0 Å². The van der Waals surface area contributed by atoms with Crippen molar-refractivity contribution < 1.29 is 4.79 Å². The van der Waals surface area contributed by atoms with E-state index in [1.165, 1.54) is 0 Å². The number of rotatable bonds is 7. The molecule has 0 radical (unpaired) electrons. The molecule has 1 aromatic carbocycles. The Balaban J connectivity index is 2.88. The SMILES string of the molecule is C=C[C@@H](c1cccc(Br)c1)[C@H](C=O)CCCC. The van der Waals surface area contributed by atoms with Gasteiger partial charge in [-0.15, -0.1) is 6.58 Å². The molecule has 2 heteroatoms. The van der Waals surface area contributed by atoms with Crippen molar-refractivity contribution in [3.05, 3.63) is 47.0 Å². The molecule has 0 aliphatic heterocycles. The summed E-state index contributed by atoms with van der Waals surface area (Å²) >= 11 is 3.46. The van der Waals surface area contributed by atoms with Crippen molar-refractivity contribution in [3.63, 3.8) is 0 Å². The second-order valence-corrected chi connectivity index (χ2v) is 5.17. The van der Waals surface area contributed by atoms with Crippen LogP contribution in [0.4, 0.5) is 0 Å². The second-order valence-electron chi connectivity index (χ2n) is 4.26. The fourth-order valence-corrected chi connectivity index (χ4v) is 2.46. The average Bonchev–Trinajstić information content (AvgIpc) is 2.34. The highest BCUT2D eigenvalue weighted by atomic mass is 79.9. The van der Waals surface area contributed by atoms with Crippen LogP contribution in [0.5, 0.6) is 0 Å². The van der Waals surface area contributed by atoms with Crippen LogP contribution < -0.4 is 0 Å². The van der Waals surface area contributed by atoms with Crippen molar-refractivity contribution in [1.82, 2.24) is 0 Å². The Hall–Kier alpha value is -0.890. The summed E-state index contributed by atoms with van der Waals surface area (Å²) in [6.07, 6.45) is 6.09. The normalized spacial score (nSPS) is 14.0. The molecule has 0 saturated heterocycles. The smallest absolute Gasteiger partial charge is 0.123 e. The van der Waals surface area contributed by atoms with Gasteiger partial charge in [0.25, 0.3) is 0 Å². The van der Waals surface area contributed by atoms with Crippen molar-refractivity contribution >= 4 is 22.2 Å². The Morgan fingerprint density at radius 1 is 1.47 bits per heavy atom. The fourth-order valence-electron chi connectivity index (χ4n) is 2.04. The molecule has 17 heavy (non-hydrogen) atoms. The van der Waals surface area contributed by atoms with Crippen LogP contribution in [-0.2, 0) is 4.79 Å². The molecule has 1 aromatic rings. The maximum Gasteiger partial charge on any atom is 0.123 e. The van der Waals surface area contributed by atoms with Crippen LogP contribution in [0.25, 0.3) is 0 Å². The van der Waals surface area contributed by atoms with E-state index in [4.69, 9.17) is 0 Å². The molecule has 0 bridgehead atoms. The summed E-state index contributed by atoms with van der Waals surface area (Å²) in [5.41, 5.74) is 1.16. The Morgan fingerprint density at radius 2 is 2.24 bits per heavy atom. The van der Waals surface area contributed by atoms with Gasteiger partial charge in [0.2, 0.25) is 0 Å². The molecule has 92 valence electrons. The Bertz CT molecular complexity index is 373. The zero-order valence-corrected chi connectivity index (χ0v) is 11.8. The molecule has 0 aromatic heterocycles. The molecular formula is C15H19BrO. The number of hydrogen-bond donors (Lipinski definition) is 0. The predicted octanol–water partition coefficient (Wildman–Crippen LogP) is 4.72. The van der Waals surface area contributed by atoms with Crippen LogP contribution in [0, 0.1) is 5.92 Å². The topological polar surface area (TPSA) is 17.1 Å². The van der Waals surface area contributed by atoms with Crippen LogP contribution in [0.2, 0.25) is 0 Å². The minimum atomic E-state index is 0.0433. The van der Waals surface area contributed by atoms with Gasteiger partial charge in [-0.05, 0) is 24.1 Å². The molecule has 1 rings (SSSR count). The lowest BCUT2D eigenvalue weighted by Crippen LogP contribution is -2.12. The van der Waals surface area contributed by atoms with Crippen LogP contribution in [-0.4, -0.2) is 6.29 Å². The van der Waals surface area contributed by atoms with Crippen molar-refractivity contribution in [2.24, 2.45) is 5.92 Å². The van der Waals surface area contributed by atoms with Gasteiger partial charge in [-0.25, -0.2) is 0 Å². The van der Waals surface area contributed by atoms with Gasteiger partial charge >= 0.3 is 0 Å². The maximum absolute atomic E-state index is 11.2. The molecular weight excluding hydrogens is 276 g/mol. The highest BCUT2D eigenvalue weighted by molar-refractivity contribution is 9.10. The number of hydrogen-bond acceptors (Lipinski definition) is 1. The van der Waals surface area contributed by atoms with Gasteiger partial charge in [0.15, 0.2) is 0 Å². The number of aldehydes is 1. The number of carbonyl (C=O) groups excluding carboxylic acids is 1. The number of unbranched alkanes of at least 4 members (excludes halogenated alkanes) is 1. The summed E-state index contributed by atoms with van der Waals surface area (Å²) in [7, 11) is 0. The summed E-state index contributed by atoms with van der Waals surface area (Å²) in [6.45, 7) is 6.01. The first-order valence-electron chi connectivity index (χ1n) is 6.06. The quantitative estimate of drug-likeness (QED) is 0.525. The van der Waals surface area contributed by atoms with E-state index >= 15 is 0 Å². The van der Waals surface area contributed by atoms with Gasteiger partial charge in [0, 0.05) is 16.3 Å². The summed E-state index contributed by atoms with van der Waals surface area (Å²) < 4.78 is 1.04. The van der Waals surface area contributed by atoms with E-state index in [0.717, 1.165) is 35.6 Å². The summed E-state index contributed by atoms with van der Waals surface area (Å²) in [5, 5.41) is 0. The molecule has 0 aliphatic carbocycles. The van der Waals surface area contributed by atoms with Crippen molar-refractivity contribution in [1.29, 1.82) is 0 Å². The largest absolute Gasteiger partial charge is 0.303 e. The van der Waals surface area contributed by atoms with E-state index < -0.39 is 0 Å². The van der Waals surface area contributed by atoms with Gasteiger partial charge in [-0.1, -0.05) is 53.9 Å². The first-order chi connectivity index (χ1) is 8.22. The maximum atomic E-state index is 11.2. The number of carbonyl (C=O) groups is 1. The van der Waals surface area contributed by atoms with Gasteiger partial charge in [0.1, 0.15) is 6.29 Å². The minimum absolute atomic E-state index is 0.0433. The third-order valence-electron chi connectivity index (χ3n) is 3.01. The first-order valence-corrected chi connectivity index (χ1v) is 6.85. The number of allylic oxidation sites excluding steroid dienone is 1. The lowest BCUT2D eigenvalue weighted by Gasteiger charge is -2.20. The van der Waals surface area contributed by atoms with Crippen LogP contribution in [0.15, 0.2) is 41.4 Å². The summed E-state index contributed by atoms with van der Waals surface area (Å²) in [4.78, 5) is 11.2. The monoisotopic (exact) mass is 294 g/mol. The molecule has 0 amide bonds. The molecule has 2 atom stereocenters. The molecule has 0 spiro atoms. The van der Waals surface area contributed by atoms with Crippen LogP contribution in [0.1, 0.15) is 37.7 Å². The Morgan fingerprint density at radius 3 is 2.76 bits per heavy atom. The molecule has 0 saturated carbocycles. The molecule has 0 N–H and O–H groups in total. The second kappa shape index (κ2) is 7.44. The van der Waals surface area contributed by atoms with Crippen LogP contribution >= 0.6 is 15.9 Å². The summed E-state index contributed by atoms with van der Waals surface area (Å²) in [6, 6.07) is 8.11. The molecule has 0 heterocycles. The highest BCUT2D eigenvalue weighted by Gasteiger charge is 2.19. The first kappa shape index (κ1) is 14.2. The Kier molecular flexibility index (Phi) is 6.20. The number of halogens is 1. The van der Waals surface area contributed by atoms with Crippen LogP contribution in [0.3, 0.4) is 0 Å². The van der Waals surface area contributed by atoms with Gasteiger partial charge in [-0.3, -0.25) is 0 Å². The third kappa shape index (κ3) is 4.12. The van der Waals surface area contributed by atoms with Gasteiger partial charge in [0.05, 0.1) is 0 Å². The summed E-state index contributed by atoms with van der Waals surface area (Å²) in [5.74, 6) is 0.165. The third-order valence-corrected chi connectivity index (χ3v) is 3.51. The van der Waals surface area contributed by atoms with E-state index in [0.29, 0.717) is 0 Å². The zero-order chi connectivity index (χ0) is 12.7. The zero-order valence-electron chi connectivity index (χ0n) is 10.2. The average molecular weight is 295 g/mol. The number of benzene rings is 1. The lowest BCUT2D eigenvalue weighted by atomic mass is 9.84. The predicted molar refractivity (Wildman–Crippen MR) is 76.2 cm³/mol. The van der Waals surface area contributed by atoms with E-state index in [-0.39, 0.29) is 11.8 Å². The van der Waals surface area contributed by atoms with Gasteiger partial charge < -0.3 is 4.79 Å². The highest BCUT2D eigenvalue weighted by Crippen LogP contribution is 2.29. The lowest BCUT2D eigenvalue weighted by molar-refractivity contribution is -0.111.